The quantitative estimate of drug-likeness (QED) is 0.760. The highest BCUT2D eigenvalue weighted by Gasteiger charge is 2.31. The SMILES string of the molecule is Cc1cc(C(=O)O[C@@H](C)C(=O)Nc2ccc3c(c2)OCO3)c(C)n1CC(F)(F)F. The number of nitrogens with zero attached hydrogens (tertiary/aromatic N) is 1. The van der Waals surface area contributed by atoms with Crippen LogP contribution in [0.4, 0.5) is 18.9 Å². The van der Waals surface area contributed by atoms with E-state index in [-0.39, 0.29) is 23.7 Å². The van der Waals surface area contributed by atoms with Crippen LogP contribution in [0.2, 0.25) is 0 Å². The molecule has 0 saturated heterocycles. The van der Waals surface area contributed by atoms with Crippen LogP contribution >= 0.6 is 0 Å². The Bertz CT molecular complexity index is 952. The molecular weight excluding hydrogens is 393 g/mol. The van der Waals surface area contributed by atoms with Crippen LogP contribution in [0.3, 0.4) is 0 Å². The van der Waals surface area contributed by atoms with Crippen LogP contribution in [0.1, 0.15) is 28.7 Å². The maximum Gasteiger partial charge on any atom is 0.406 e. The molecule has 1 aromatic carbocycles. The molecule has 0 aliphatic carbocycles. The summed E-state index contributed by atoms with van der Waals surface area (Å²) in [5.74, 6) is -0.442. The molecule has 0 spiro atoms. The van der Waals surface area contributed by atoms with Gasteiger partial charge >= 0.3 is 12.1 Å². The minimum Gasteiger partial charge on any atom is -0.454 e. The van der Waals surface area contributed by atoms with Crippen LogP contribution in [-0.2, 0) is 16.1 Å². The fourth-order valence-corrected chi connectivity index (χ4v) is 2.93. The van der Waals surface area contributed by atoms with Crippen LogP contribution < -0.4 is 14.8 Å². The molecule has 0 unspecified atom stereocenters. The molecule has 0 radical (unpaired) electrons. The third-order valence-corrected chi connectivity index (χ3v) is 4.42. The highest BCUT2D eigenvalue weighted by atomic mass is 19.4. The Balaban J connectivity index is 1.66. The van der Waals surface area contributed by atoms with Crippen LogP contribution in [0.15, 0.2) is 24.3 Å². The third-order valence-electron chi connectivity index (χ3n) is 4.42. The number of ether oxygens (including phenoxy) is 3. The highest BCUT2D eigenvalue weighted by Crippen LogP contribution is 2.34. The average molecular weight is 412 g/mol. The molecule has 1 amide bonds. The first-order chi connectivity index (χ1) is 13.5. The predicted molar refractivity (Wildman–Crippen MR) is 96.0 cm³/mol. The molecular formula is C19H19F3N2O5. The van der Waals surface area contributed by atoms with Crippen molar-refractivity contribution < 1.29 is 37.0 Å². The molecule has 29 heavy (non-hydrogen) atoms. The second kappa shape index (κ2) is 7.69. The van der Waals surface area contributed by atoms with Gasteiger partial charge in [0.25, 0.3) is 5.91 Å². The van der Waals surface area contributed by atoms with E-state index < -0.39 is 30.7 Å². The monoisotopic (exact) mass is 412 g/mol. The highest BCUT2D eigenvalue weighted by molar-refractivity contribution is 5.98. The largest absolute Gasteiger partial charge is 0.454 e. The van der Waals surface area contributed by atoms with Crippen molar-refractivity contribution in [2.45, 2.75) is 39.6 Å². The van der Waals surface area contributed by atoms with Gasteiger partial charge in [-0.2, -0.15) is 13.2 Å². The lowest BCUT2D eigenvalue weighted by atomic mass is 10.2. The Morgan fingerprint density at radius 3 is 2.59 bits per heavy atom. The van der Waals surface area contributed by atoms with E-state index in [0.29, 0.717) is 17.2 Å². The van der Waals surface area contributed by atoms with Gasteiger partial charge in [0, 0.05) is 23.1 Å². The van der Waals surface area contributed by atoms with Crippen LogP contribution in [-0.4, -0.2) is 35.5 Å². The van der Waals surface area contributed by atoms with Gasteiger partial charge in [0.05, 0.1) is 5.56 Å². The van der Waals surface area contributed by atoms with Crippen molar-refractivity contribution in [3.05, 3.63) is 41.2 Å². The maximum absolute atomic E-state index is 12.7. The summed E-state index contributed by atoms with van der Waals surface area (Å²) in [4.78, 5) is 24.7. The lowest BCUT2D eigenvalue weighted by Crippen LogP contribution is -2.30. The van der Waals surface area contributed by atoms with Crippen molar-refractivity contribution in [2.75, 3.05) is 12.1 Å². The summed E-state index contributed by atoms with van der Waals surface area (Å²) >= 11 is 0. The van der Waals surface area contributed by atoms with E-state index >= 15 is 0 Å². The molecule has 2 aromatic rings. The lowest BCUT2D eigenvalue weighted by Gasteiger charge is -2.14. The number of hydrogen-bond donors (Lipinski definition) is 1. The number of aryl methyl sites for hydroxylation is 1. The third kappa shape index (κ3) is 4.64. The first-order valence-corrected chi connectivity index (χ1v) is 8.70. The minimum absolute atomic E-state index is 0.0190. The number of rotatable bonds is 5. The molecule has 0 saturated carbocycles. The van der Waals surface area contributed by atoms with Crippen LogP contribution in [0, 0.1) is 13.8 Å². The number of carbonyl (C=O) groups is 2. The summed E-state index contributed by atoms with van der Waals surface area (Å²) in [6.07, 6.45) is -5.59. The molecule has 1 atom stereocenters. The van der Waals surface area contributed by atoms with Gasteiger partial charge in [-0.25, -0.2) is 4.79 Å². The van der Waals surface area contributed by atoms with E-state index in [1.54, 1.807) is 18.2 Å². The Hall–Kier alpha value is -3.17. The summed E-state index contributed by atoms with van der Waals surface area (Å²) in [5.41, 5.74) is 0.789. The maximum atomic E-state index is 12.7. The lowest BCUT2D eigenvalue weighted by molar-refractivity contribution is -0.141. The number of amides is 1. The molecule has 0 fully saturated rings. The molecule has 2 heterocycles. The van der Waals surface area contributed by atoms with Crippen molar-refractivity contribution in [2.24, 2.45) is 0 Å². The zero-order chi connectivity index (χ0) is 21.3. The number of benzene rings is 1. The Labute approximate surface area is 164 Å². The van der Waals surface area contributed by atoms with Crippen molar-refractivity contribution >= 4 is 17.6 Å². The molecule has 1 aliphatic heterocycles. The van der Waals surface area contributed by atoms with Gasteiger partial charge < -0.3 is 24.1 Å². The second-order valence-electron chi connectivity index (χ2n) is 6.59. The van der Waals surface area contributed by atoms with Gasteiger partial charge in [-0.15, -0.1) is 0 Å². The fraction of sp³-hybridized carbons (Fsp3) is 0.368. The number of anilines is 1. The number of halogens is 3. The molecule has 3 rings (SSSR count). The van der Waals surface area contributed by atoms with Crippen molar-refractivity contribution in [3.63, 3.8) is 0 Å². The number of nitrogens with one attached hydrogen (secondary N) is 1. The van der Waals surface area contributed by atoms with Crippen molar-refractivity contribution in [1.29, 1.82) is 0 Å². The number of aromatic nitrogens is 1. The fourth-order valence-electron chi connectivity index (χ4n) is 2.93. The second-order valence-corrected chi connectivity index (χ2v) is 6.59. The predicted octanol–water partition coefficient (Wildman–Crippen LogP) is 3.58. The van der Waals surface area contributed by atoms with Gasteiger partial charge in [-0.05, 0) is 39.0 Å². The molecule has 1 aromatic heterocycles. The van der Waals surface area contributed by atoms with Crippen LogP contribution in [0.25, 0.3) is 0 Å². The van der Waals surface area contributed by atoms with Gasteiger partial charge in [-0.1, -0.05) is 0 Å². The normalized spacial score (nSPS) is 13.9. The smallest absolute Gasteiger partial charge is 0.406 e. The number of alkyl halides is 3. The summed E-state index contributed by atoms with van der Waals surface area (Å²) in [6.45, 7) is 3.11. The van der Waals surface area contributed by atoms with Crippen LogP contribution in [0.5, 0.6) is 11.5 Å². The van der Waals surface area contributed by atoms with E-state index in [1.807, 2.05) is 0 Å². The van der Waals surface area contributed by atoms with E-state index in [4.69, 9.17) is 14.2 Å². The molecule has 7 nitrogen and oxygen atoms in total. The van der Waals surface area contributed by atoms with Crippen molar-refractivity contribution in [3.8, 4) is 11.5 Å². The number of esters is 1. The molecule has 10 heteroatoms. The Kier molecular flexibility index (Phi) is 5.45. The van der Waals surface area contributed by atoms with E-state index in [1.165, 1.54) is 26.8 Å². The Morgan fingerprint density at radius 1 is 1.21 bits per heavy atom. The van der Waals surface area contributed by atoms with Gasteiger partial charge in [0.15, 0.2) is 17.6 Å². The summed E-state index contributed by atoms with van der Waals surface area (Å²) in [6, 6.07) is 6.11. The first kappa shape index (κ1) is 20.6. The van der Waals surface area contributed by atoms with E-state index in [9.17, 15) is 22.8 Å². The number of fused-ring (bicyclic) bond motifs is 1. The van der Waals surface area contributed by atoms with Gasteiger partial charge in [-0.3, -0.25) is 4.79 Å². The zero-order valence-corrected chi connectivity index (χ0v) is 15.9. The number of carbonyl (C=O) groups excluding carboxylic acids is 2. The zero-order valence-electron chi connectivity index (χ0n) is 15.9. The standard InChI is InChI=1S/C19H19F3N2O5/c1-10-6-14(11(2)24(10)8-19(20,21)22)18(26)29-12(3)17(25)23-13-4-5-15-16(7-13)28-9-27-15/h4-7,12H,8-9H2,1-3H3,(H,23,25)/t12-/m0/s1. The average Bonchev–Trinajstić information content (AvgIpc) is 3.19. The summed E-state index contributed by atoms with van der Waals surface area (Å²) in [5, 5.41) is 2.58. The summed E-state index contributed by atoms with van der Waals surface area (Å²) in [7, 11) is 0. The van der Waals surface area contributed by atoms with E-state index in [2.05, 4.69) is 5.32 Å². The first-order valence-electron chi connectivity index (χ1n) is 8.70. The van der Waals surface area contributed by atoms with Gasteiger partial charge in [0.2, 0.25) is 6.79 Å². The number of hydrogen-bond acceptors (Lipinski definition) is 5. The molecule has 1 aliphatic rings. The Morgan fingerprint density at radius 2 is 1.90 bits per heavy atom. The molecule has 156 valence electrons. The molecule has 0 bridgehead atoms. The topological polar surface area (TPSA) is 78.8 Å². The summed E-state index contributed by atoms with van der Waals surface area (Å²) < 4.78 is 54.7. The minimum atomic E-state index is -4.42. The van der Waals surface area contributed by atoms with E-state index in [0.717, 1.165) is 4.57 Å². The molecule has 1 N–H and O–H groups in total. The van der Waals surface area contributed by atoms with Crippen molar-refractivity contribution in [1.82, 2.24) is 4.57 Å². The van der Waals surface area contributed by atoms with Gasteiger partial charge in [0.1, 0.15) is 6.54 Å².